The normalized spacial score (nSPS) is 27.4. The zero-order valence-electron chi connectivity index (χ0n) is 11.2. The van der Waals surface area contributed by atoms with Crippen LogP contribution >= 0.6 is 0 Å². The van der Waals surface area contributed by atoms with Crippen LogP contribution in [0, 0.1) is 5.92 Å². The summed E-state index contributed by atoms with van der Waals surface area (Å²) < 4.78 is 5.35. The van der Waals surface area contributed by atoms with Crippen molar-refractivity contribution in [1.29, 1.82) is 0 Å². The van der Waals surface area contributed by atoms with Gasteiger partial charge in [0.2, 0.25) is 0 Å². The lowest BCUT2D eigenvalue weighted by Crippen LogP contribution is -2.36. The van der Waals surface area contributed by atoms with E-state index in [9.17, 15) is 0 Å². The summed E-state index contributed by atoms with van der Waals surface area (Å²) in [5, 5.41) is 0. The Kier molecular flexibility index (Phi) is 3.06. The molecule has 1 saturated carbocycles. The number of nitrogens with two attached hydrogens (primary N) is 1. The molecule has 1 fully saturated rings. The van der Waals surface area contributed by atoms with Crippen molar-refractivity contribution >= 4 is 0 Å². The third kappa shape index (κ3) is 2.03. The number of hydrogen-bond acceptors (Lipinski definition) is 2. The maximum Gasteiger partial charge on any atom is 0.119 e. The second-order valence-corrected chi connectivity index (χ2v) is 6.03. The molecule has 1 unspecified atom stereocenters. The molecule has 0 heterocycles. The van der Waals surface area contributed by atoms with Gasteiger partial charge in [-0.05, 0) is 48.4 Å². The third-order valence-electron chi connectivity index (χ3n) is 4.82. The van der Waals surface area contributed by atoms with Gasteiger partial charge < -0.3 is 10.5 Å². The average Bonchev–Trinajstić information content (AvgIpc) is 2.99. The second kappa shape index (κ2) is 4.58. The van der Waals surface area contributed by atoms with Crippen molar-refractivity contribution in [1.82, 2.24) is 0 Å². The van der Waals surface area contributed by atoms with E-state index < -0.39 is 0 Å². The summed E-state index contributed by atoms with van der Waals surface area (Å²) in [5.41, 5.74) is 9.39. The molecular formula is C16H23NO. The summed E-state index contributed by atoms with van der Waals surface area (Å²) in [7, 11) is 1.73. The Balaban J connectivity index is 1.86. The van der Waals surface area contributed by atoms with Crippen LogP contribution < -0.4 is 10.5 Å². The Morgan fingerprint density at radius 2 is 2.11 bits per heavy atom. The van der Waals surface area contributed by atoms with E-state index in [1.165, 1.54) is 36.8 Å². The van der Waals surface area contributed by atoms with E-state index in [-0.39, 0.29) is 5.54 Å². The third-order valence-corrected chi connectivity index (χ3v) is 4.82. The van der Waals surface area contributed by atoms with Gasteiger partial charge in [-0.15, -0.1) is 0 Å². The fourth-order valence-corrected chi connectivity index (χ4v) is 3.80. The van der Waals surface area contributed by atoms with E-state index in [4.69, 9.17) is 10.5 Å². The van der Waals surface area contributed by atoms with Crippen molar-refractivity contribution in [3.05, 3.63) is 29.3 Å². The lowest BCUT2D eigenvalue weighted by atomic mass is 9.82. The van der Waals surface area contributed by atoms with E-state index in [1.54, 1.807) is 7.11 Å². The van der Waals surface area contributed by atoms with Gasteiger partial charge in [0.15, 0.2) is 0 Å². The van der Waals surface area contributed by atoms with E-state index in [0.717, 1.165) is 30.9 Å². The van der Waals surface area contributed by atoms with Crippen molar-refractivity contribution < 1.29 is 4.74 Å². The molecule has 98 valence electrons. The first-order valence-electron chi connectivity index (χ1n) is 7.17. The number of methoxy groups -OCH3 is 1. The molecule has 1 aromatic rings. The van der Waals surface area contributed by atoms with Gasteiger partial charge in [-0.2, -0.15) is 0 Å². The lowest BCUT2D eigenvalue weighted by Gasteiger charge is -2.29. The molecule has 2 heteroatoms. The first kappa shape index (κ1) is 12.0. The number of rotatable bonds is 3. The van der Waals surface area contributed by atoms with Crippen LogP contribution in [0.2, 0.25) is 0 Å². The van der Waals surface area contributed by atoms with Gasteiger partial charge in [-0.1, -0.05) is 31.7 Å². The molecule has 0 amide bonds. The Hall–Kier alpha value is -1.02. The van der Waals surface area contributed by atoms with Crippen LogP contribution in [0.15, 0.2) is 18.2 Å². The number of fused-ring (bicyclic) bond motifs is 1. The minimum atomic E-state index is -0.0983. The SMILES string of the molecule is COc1ccc2c(c1)C(N)(CC1CCCC1)CC2. The number of benzene rings is 1. The number of aryl methyl sites for hydroxylation is 1. The molecule has 2 N–H and O–H groups in total. The predicted molar refractivity (Wildman–Crippen MR) is 73.8 cm³/mol. The predicted octanol–water partition coefficient (Wildman–Crippen LogP) is 3.38. The Labute approximate surface area is 110 Å². The first-order valence-corrected chi connectivity index (χ1v) is 7.17. The van der Waals surface area contributed by atoms with E-state index >= 15 is 0 Å². The van der Waals surface area contributed by atoms with Crippen molar-refractivity contribution in [2.45, 2.75) is 50.5 Å². The molecule has 2 aliphatic carbocycles. The molecule has 1 aromatic carbocycles. The van der Waals surface area contributed by atoms with Gasteiger partial charge in [-0.3, -0.25) is 0 Å². The van der Waals surface area contributed by atoms with Gasteiger partial charge in [0.25, 0.3) is 0 Å². The van der Waals surface area contributed by atoms with Crippen LogP contribution in [0.5, 0.6) is 5.75 Å². The second-order valence-electron chi connectivity index (χ2n) is 6.03. The molecule has 0 spiro atoms. The molecule has 0 aliphatic heterocycles. The molecule has 0 saturated heterocycles. The summed E-state index contributed by atoms with van der Waals surface area (Å²) in [5.74, 6) is 1.78. The van der Waals surface area contributed by atoms with Crippen LogP contribution in [0.1, 0.15) is 49.7 Å². The smallest absolute Gasteiger partial charge is 0.119 e. The summed E-state index contributed by atoms with van der Waals surface area (Å²) in [6.07, 6.45) is 8.93. The summed E-state index contributed by atoms with van der Waals surface area (Å²) in [4.78, 5) is 0. The molecule has 0 radical (unpaired) electrons. The lowest BCUT2D eigenvalue weighted by molar-refractivity contribution is 0.321. The number of hydrogen-bond donors (Lipinski definition) is 1. The van der Waals surface area contributed by atoms with Crippen LogP contribution in [0.25, 0.3) is 0 Å². The van der Waals surface area contributed by atoms with Crippen molar-refractivity contribution in [3.63, 3.8) is 0 Å². The minimum Gasteiger partial charge on any atom is -0.497 e. The Bertz CT molecular complexity index is 437. The van der Waals surface area contributed by atoms with Gasteiger partial charge in [0, 0.05) is 5.54 Å². The van der Waals surface area contributed by atoms with E-state index in [2.05, 4.69) is 18.2 Å². The molecule has 2 aliphatic rings. The summed E-state index contributed by atoms with van der Waals surface area (Å²) in [6.45, 7) is 0. The summed E-state index contributed by atoms with van der Waals surface area (Å²) >= 11 is 0. The average molecular weight is 245 g/mol. The first-order chi connectivity index (χ1) is 8.71. The van der Waals surface area contributed by atoms with Gasteiger partial charge in [0.05, 0.1) is 7.11 Å². The van der Waals surface area contributed by atoms with Crippen LogP contribution in [0.3, 0.4) is 0 Å². The van der Waals surface area contributed by atoms with Crippen LogP contribution in [-0.2, 0) is 12.0 Å². The minimum absolute atomic E-state index is 0.0983. The zero-order valence-corrected chi connectivity index (χ0v) is 11.2. The largest absolute Gasteiger partial charge is 0.497 e. The number of ether oxygens (including phenoxy) is 1. The zero-order chi connectivity index (χ0) is 12.6. The van der Waals surface area contributed by atoms with Crippen molar-refractivity contribution in [2.75, 3.05) is 7.11 Å². The maximum absolute atomic E-state index is 6.72. The molecule has 18 heavy (non-hydrogen) atoms. The van der Waals surface area contributed by atoms with Gasteiger partial charge >= 0.3 is 0 Å². The monoisotopic (exact) mass is 245 g/mol. The fraction of sp³-hybridized carbons (Fsp3) is 0.625. The van der Waals surface area contributed by atoms with E-state index in [0.29, 0.717) is 0 Å². The van der Waals surface area contributed by atoms with Crippen LogP contribution in [0.4, 0.5) is 0 Å². The quantitative estimate of drug-likeness (QED) is 0.886. The van der Waals surface area contributed by atoms with Gasteiger partial charge in [-0.25, -0.2) is 0 Å². The van der Waals surface area contributed by atoms with Gasteiger partial charge in [0.1, 0.15) is 5.75 Å². The standard InChI is InChI=1S/C16H23NO/c1-18-14-7-6-13-8-9-16(17,15(13)10-14)11-12-4-2-3-5-12/h6-7,10,12H,2-5,8-9,11,17H2,1H3. The molecule has 3 rings (SSSR count). The summed E-state index contributed by atoms with van der Waals surface area (Å²) in [6, 6.07) is 6.41. The molecule has 2 nitrogen and oxygen atoms in total. The highest BCUT2D eigenvalue weighted by Crippen LogP contribution is 2.43. The highest BCUT2D eigenvalue weighted by molar-refractivity contribution is 5.43. The molecule has 0 aromatic heterocycles. The fourth-order valence-electron chi connectivity index (χ4n) is 3.80. The topological polar surface area (TPSA) is 35.2 Å². The highest BCUT2D eigenvalue weighted by Gasteiger charge is 2.37. The van der Waals surface area contributed by atoms with E-state index in [1.807, 2.05) is 0 Å². The van der Waals surface area contributed by atoms with Crippen molar-refractivity contribution in [3.8, 4) is 5.75 Å². The molecule has 1 atom stereocenters. The maximum atomic E-state index is 6.72. The van der Waals surface area contributed by atoms with Crippen LogP contribution in [-0.4, -0.2) is 7.11 Å². The molecular weight excluding hydrogens is 222 g/mol. The molecule has 0 bridgehead atoms. The Morgan fingerprint density at radius 3 is 2.83 bits per heavy atom. The van der Waals surface area contributed by atoms with Crippen molar-refractivity contribution in [2.24, 2.45) is 11.7 Å². The highest BCUT2D eigenvalue weighted by atomic mass is 16.5. The Morgan fingerprint density at radius 1 is 1.33 bits per heavy atom.